The molecule has 1 aliphatic rings. The molecule has 3 rings (SSSR count). The molecule has 1 amide bonds. The molecule has 0 saturated carbocycles. The monoisotopic (exact) mass is 393 g/mol. The lowest BCUT2D eigenvalue weighted by atomic mass is 10.1. The molecule has 10 heteroatoms. The van der Waals surface area contributed by atoms with Crippen molar-refractivity contribution >= 4 is 23.5 Å². The van der Waals surface area contributed by atoms with Crippen molar-refractivity contribution in [2.45, 2.75) is 45.7 Å². The molecule has 0 aliphatic carbocycles. The molecule has 0 fully saturated rings. The molecule has 2 atom stereocenters. The van der Waals surface area contributed by atoms with E-state index in [1.807, 2.05) is 0 Å². The van der Waals surface area contributed by atoms with Crippen LogP contribution in [0.25, 0.3) is 0 Å². The number of aryl methyl sites for hydroxylation is 1. The van der Waals surface area contributed by atoms with Gasteiger partial charge in [0.25, 0.3) is 12.3 Å². The number of amides is 1. The number of anilines is 2. The smallest absolute Gasteiger partial charge is 0.338 e. The summed E-state index contributed by atoms with van der Waals surface area (Å²) in [6.45, 7) is 5.45. The molecule has 2 N–H and O–H groups in total. The van der Waals surface area contributed by atoms with E-state index in [2.05, 4.69) is 20.7 Å². The second-order valence-electron chi connectivity index (χ2n) is 6.59. The molecule has 0 unspecified atom stereocenters. The highest BCUT2D eigenvalue weighted by atomic mass is 19.3. The number of ether oxygens (including phenoxy) is 1. The highest BCUT2D eigenvalue weighted by Crippen LogP contribution is 2.30. The number of aromatic nitrogens is 3. The molecule has 1 aromatic heterocycles. The van der Waals surface area contributed by atoms with Crippen LogP contribution in [0.1, 0.15) is 52.9 Å². The first-order valence-corrected chi connectivity index (χ1v) is 8.90. The van der Waals surface area contributed by atoms with Crippen LogP contribution in [-0.2, 0) is 4.74 Å². The summed E-state index contributed by atoms with van der Waals surface area (Å²) in [6, 6.07) is 3.40. The molecule has 28 heavy (non-hydrogen) atoms. The second kappa shape index (κ2) is 7.91. The first-order valence-electron chi connectivity index (χ1n) is 8.90. The number of hydrogen-bond acceptors (Lipinski definition) is 6. The summed E-state index contributed by atoms with van der Waals surface area (Å²) in [4.78, 5) is 28.5. The first-order chi connectivity index (χ1) is 13.3. The molecule has 1 aromatic carbocycles. The van der Waals surface area contributed by atoms with Crippen LogP contribution in [0, 0.1) is 6.92 Å². The lowest BCUT2D eigenvalue weighted by Crippen LogP contribution is -2.33. The summed E-state index contributed by atoms with van der Waals surface area (Å²) in [5.41, 5.74) is 1.38. The third kappa shape index (κ3) is 3.95. The fraction of sp³-hybridized carbons (Fsp3) is 0.444. The summed E-state index contributed by atoms with van der Waals surface area (Å²) in [5, 5.41) is 9.54. The minimum atomic E-state index is -2.62. The summed E-state index contributed by atoms with van der Waals surface area (Å²) in [5.74, 6) is -1.27. The van der Waals surface area contributed by atoms with Gasteiger partial charge in [0, 0.05) is 11.7 Å². The number of carbonyl (C=O) groups is 2. The van der Waals surface area contributed by atoms with Crippen LogP contribution in [-0.4, -0.2) is 45.7 Å². The number of esters is 1. The van der Waals surface area contributed by atoms with Crippen molar-refractivity contribution in [1.29, 1.82) is 0 Å². The van der Waals surface area contributed by atoms with E-state index in [1.165, 1.54) is 6.07 Å². The number of benzene rings is 1. The summed E-state index contributed by atoms with van der Waals surface area (Å²) < 4.78 is 32.6. The van der Waals surface area contributed by atoms with Gasteiger partial charge in [-0.15, -0.1) is 5.10 Å². The fourth-order valence-corrected chi connectivity index (χ4v) is 2.98. The zero-order valence-electron chi connectivity index (χ0n) is 15.7. The number of nitrogens with zero attached hydrogens (tertiary/aromatic N) is 3. The van der Waals surface area contributed by atoms with Crippen molar-refractivity contribution in [3.63, 3.8) is 0 Å². The molecule has 8 nitrogen and oxygen atoms in total. The Morgan fingerprint density at radius 1 is 1.43 bits per heavy atom. The zero-order chi connectivity index (χ0) is 20.4. The van der Waals surface area contributed by atoms with Gasteiger partial charge in [0.15, 0.2) is 0 Å². The van der Waals surface area contributed by atoms with E-state index in [0.29, 0.717) is 11.3 Å². The van der Waals surface area contributed by atoms with E-state index in [4.69, 9.17) is 4.74 Å². The zero-order valence-corrected chi connectivity index (χ0v) is 15.7. The van der Waals surface area contributed by atoms with Crippen LogP contribution in [0.3, 0.4) is 0 Å². The molecule has 1 aliphatic heterocycles. The number of hydrogen-bond donors (Lipinski definition) is 2. The molecular formula is C18H21F2N5O3. The molecule has 0 bridgehead atoms. The van der Waals surface area contributed by atoms with Crippen molar-refractivity contribution < 1.29 is 23.1 Å². The quantitative estimate of drug-likeness (QED) is 0.758. The van der Waals surface area contributed by atoms with Gasteiger partial charge in [-0.05, 0) is 44.9 Å². The minimum Gasteiger partial charge on any atom is -0.462 e. The Balaban J connectivity index is 1.84. The Kier molecular flexibility index (Phi) is 5.57. The predicted octanol–water partition coefficient (Wildman–Crippen LogP) is 3.03. The molecule has 150 valence electrons. The van der Waals surface area contributed by atoms with E-state index in [-0.39, 0.29) is 36.4 Å². The molecule has 0 saturated heterocycles. The van der Waals surface area contributed by atoms with Gasteiger partial charge in [-0.3, -0.25) is 4.79 Å². The molecule has 2 aromatic rings. The van der Waals surface area contributed by atoms with Crippen LogP contribution in [0.4, 0.5) is 20.4 Å². The van der Waals surface area contributed by atoms with Crippen LogP contribution in [0.2, 0.25) is 0 Å². The van der Waals surface area contributed by atoms with Crippen molar-refractivity contribution in [2.75, 3.05) is 17.2 Å². The van der Waals surface area contributed by atoms with E-state index >= 15 is 0 Å². The average Bonchev–Trinajstić information content (AvgIpc) is 3.06. The maximum Gasteiger partial charge on any atom is 0.338 e. The number of nitrogens with one attached hydrogen (secondary N) is 2. The summed E-state index contributed by atoms with van der Waals surface area (Å²) >= 11 is 0. The van der Waals surface area contributed by atoms with Crippen molar-refractivity contribution in [3.05, 3.63) is 35.2 Å². The van der Waals surface area contributed by atoms with Crippen LogP contribution >= 0.6 is 0 Å². The Hall–Kier alpha value is -3.04. The predicted molar refractivity (Wildman–Crippen MR) is 97.9 cm³/mol. The van der Waals surface area contributed by atoms with Crippen molar-refractivity contribution in [2.24, 2.45) is 0 Å². The Bertz CT molecular complexity index is 899. The number of rotatable bonds is 5. The van der Waals surface area contributed by atoms with Crippen LogP contribution in [0.5, 0.6) is 0 Å². The molecule has 0 radical (unpaired) electrons. The summed E-state index contributed by atoms with van der Waals surface area (Å²) in [6.07, 6.45) is -2.44. The van der Waals surface area contributed by atoms with Gasteiger partial charge < -0.3 is 15.4 Å². The first kappa shape index (κ1) is 19.7. The lowest BCUT2D eigenvalue weighted by Gasteiger charge is -2.28. The van der Waals surface area contributed by atoms with Gasteiger partial charge in [0.2, 0.25) is 11.8 Å². The Labute approximate surface area is 160 Å². The highest BCUT2D eigenvalue weighted by molar-refractivity contribution is 6.03. The van der Waals surface area contributed by atoms with Crippen molar-refractivity contribution in [1.82, 2.24) is 14.8 Å². The maximum atomic E-state index is 13.3. The lowest BCUT2D eigenvalue weighted by molar-refractivity contribution is 0.0526. The van der Waals surface area contributed by atoms with Gasteiger partial charge in [0.05, 0.1) is 12.2 Å². The third-order valence-electron chi connectivity index (χ3n) is 4.41. The van der Waals surface area contributed by atoms with Crippen LogP contribution < -0.4 is 10.6 Å². The largest absolute Gasteiger partial charge is 0.462 e. The Morgan fingerprint density at radius 2 is 2.18 bits per heavy atom. The van der Waals surface area contributed by atoms with E-state index in [9.17, 15) is 18.4 Å². The van der Waals surface area contributed by atoms with E-state index in [1.54, 1.807) is 32.9 Å². The van der Waals surface area contributed by atoms with Gasteiger partial charge >= 0.3 is 5.97 Å². The van der Waals surface area contributed by atoms with Crippen molar-refractivity contribution in [3.8, 4) is 0 Å². The summed E-state index contributed by atoms with van der Waals surface area (Å²) in [7, 11) is 0. The Morgan fingerprint density at radius 3 is 2.86 bits per heavy atom. The SMILES string of the molecule is CCOC(=O)c1ccc(C)c(NC(=O)c2nc3n(n2)[C@H](C(F)F)C[C@@H](C)N3)c1. The second-order valence-corrected chi connectivity index (χ2v) is 6.59. The number of fused-ring (bicyclic) bond motifs is 1. The minimum absolute atomic E-state index is 0.131. The normalized spacial score (nSPS) is 18.4. The topological polar surface area (TPSA) is 98.1 Å². The van der Waals surface area contributed by atoms with Crippen LogP contribution in [0.15, 0.2) is 18.2 Å². The van der Waals surface area contributed by atoms with Gasteiger partial charge in [-0.25, -0.2) is 18.3 Å². The van der Waals surface area contributed by atoms with E-state index < -0.39 is 24.3 Å². The highest BCUT2D eigenvalue weighted by Gasteiger charge is 2.34. The number of halogens is 2. The fourth-order valence-electron chi connectivity index (χ4n) is 2.98. The maximum absolute atomic E-state index is 13.3. The standard InChI is InChI=1S/C18H21F2N5O3/c1-4-28-17(27)11-6-5-9(2)12(8-11)22-16(26)15-23-18-21-10(3)7-13(14(19)20)25(18)24-15/h5-6,8,10,13-14H,4,7H2,1-3H3,(H,22,26)(H,21,23,24)/t10-,13+/m1/s1. The average molecular weight is 393 g/mol. The van der Waals surface area contributed by atoms with Gasteiger partial charge in [-0.1, -0.05) is 6.07 Å². The molecular weight excluding hydrogens is 372 g/mol. The molecule has 0 spiro atoms. The number of alkyl halides is 2. The van der Waals surface area contributed by atoms with Gasteiger partial charge in [-0.2, -0.15) is 4.98 Å². The molecule has 2 heterocycles. The van der Waals surface area contributed by atoms with Gasteiger partial charge in [0.1, 0.15) is 6.04 Å². The number of carbonyl (C=O) groups excluding carboxylic acids is 2. The third-order valence-corrected chi connectivity index (χ3v) is 4.41. The van der Waals surface area contributed by atoms with E-state index in [0.717, 1.165) is 4.68 Å².